The fourth-order valence-electron chi connectivity index (χ4n) is 5.32. The van der Waals surface area contributed by atoms with E-state index in [2.05, 4.69) is 4.98 Å². The number of fused-ring (bicyclic) bond motifs is 2. The van der Waals surface area contributed by atoms with Gasteiger partial charge in [0.25, 0.3) is 5.91 Å². The number of pyridine rings is 1. The maximum Gasteiger partial charge on any atom is 0.337 e. The second kappa shape index (κ2) is 11.3. The zero-order chi connectivity index (χ0) is 31.3. The summed E-state index contributed by atoms with van der Waals surface area (Å²) < 4.78 is 12.7. The Hall–Kier alpha value is -4.31. The number of benzene rings is 3. The van der Waals surface area contributed by atoms with Crippen molar-refractivity contribution in [1.82, 2.24) is 9.97 Å². The number of carboxylic acid groups (broad SMARTS) is 1. The van der Waals surface area contributed by atoms with Crippen LogP contribution in [0.1, 0.15) is 38.0 Å². The summed E-state index contributed by atoms with van der Waals surface area (Å²) in [5.74, 6) is -0.541. The number of hydrogen-bond acceptors (Lipinski definition) is 7. The number of thiazole rings is 1. The van der Waals surface area contributed by atoms with E-state index in [1.54, 1.807) is 30.3 Å². The van der Waals surface area contributed by atoms with Crippen molar-refractivity contribution in [2.45, 2.75) is 39.4 Å². The zero-order valence-corrected chi connectivity index (χ0v) is 26.4. The van der Waals surface area contributed by atoms with E-state index in [0.29, 0.717) is 22.0 Å². The van der Waals surface area contributed by atoms with Gasteiger partial charge < -0.3 is 19.5 Å². The molecule has 0 bridgehead atoms. The molecule has 0 saturated carbocycles. The first-order valence-corrected chi connectivity index (χ1v) is 15.2. The van der Waals surface area contributed by atoms with E-state index in [4.69, 9.17) is 26.1 Å². The fraction of sp³-hybridized carbons (Fsp3) is 0.235. The van der Waals surface area contributed by atoms with Gasteiger partial charge >= 0.3 is 5.97 Å². The highest BCUT2D eigenvalue weighted by molar-refractivity contribution is 7.22. The van der Waals surface area contributed by atoms with E-state index in [9.17, 15) is 14.7 Å². The Labute approximate surface area is 263 Å². The number of nitrogens with zero attached hydrogens (tertiary/aromatic N) is 3. The number of halogens is 1. The molecular weight excluding hydrogens is 598 g/mol. The van der Waals surface area contributed by atoms with E-state index in [-0.39, 0.29) is 12.5 Å². The molecule has 0 saturated heterocycles. The molecule has 3 heterocycles. The van der Waals surface area contributed by atoms with E-state index >= 15 is 0 Å². The first-order chi connectivity index (χ1) is 20.9. The molecule has 224 valence electrons. The Morgan fingerprint density at radius 3 is 2.50 bits per heavy atom. The Bertz CT molecular complexity index is 1930. The average molecular weight is 628 g/mol. The second-order valence-corrected chi connectivity index (χ2v) is 13.1. The average Bonchev–Trinajstić information content (AvgIpc) is 3.41. The van der Waals surface area contributed by atoms with Gasteiger partial charge in [0.2, 0.25) is 0 Å². The van der Waals surface area contributed by atoms with Gasteiger partial charge in [0.15, 0.2) is 12.7 Å². The summed E-state index contributed by atoms with van der Waals surface area (Å²) in [4.78, 5) is 35.8. The normalized spacial score (nSPS) is 14.0. The van der Waals surface area contributed by atoms with Crippen molar-refractivity contribution in [2.24, 2.45) is 0 Å². The standard InChI is InChI=1S/C34H30ClN3O5S/c1-18-14-24-31(29(19-6-9-22(35)10-7-19)28(18)30(33(40)41)43-34(2,3)4)44-32(37-24)21-12-13-36-23(15-21)20-8-11-25-26(16-20)42-17-27(39)38(25)5/h6-16,30H,17H2,1-5H3,(H,40,41). The van der Waals surface area contributed by atoms with Gasteiger partial charge in [0.1, 0.15) is 10.8 Å². The van der Waals surface area contributed by atoms with Crippen LogP contribution in [0, 0.1) is 6.92 Å². The molecule has 2 aromatic heterocycles. The monoisotopic (exact) mass is 627 g/mol. The molecule has 5 aromatic rings. The lowest BCUT2D eigenvalue weighted by atomic mass is 9.91. The summed E-state index contributed by atoms with van der Waals surface area (Å²) in [6, 6.07) is 18.8. The summed E-state index contributed by atoms with van der Waals surface area (Å²) in [6.45, 7) is 7.42. The maximum atomic E-state index is 12.6. The van der Waals surface area contributed by atoms with Crippen LogP contribution in [0.2, 0.25) is 5.02 Å². The van der Waals surface area contributed by atoms with Gasteiger partial charge in [-0.3, -0.25) is 9.78 Å². The predicted octanol–water partition coefficient (Wildman–Crippen LogP) is 7.95. The van der Waals surface area contributed by atoms with Crippen LogP contribution < -0.4 is 9.64 Å². The third-order valence-corrected chi connectivity index (χ3v) is 8.76. The van der Waals surface area contributed by atoms with Gasteiger partial charge in [-0.1, -0.05) is 29.8 Å². The van der Waals surface area contributed by atoms with Crippen LogP contribution in [0.5, 0.6) is 5.75 Å². The van der Waals surface area contributed by atoms with Crippen molar-refractivity contribution in [1.29, 1.82) is 0 Å². The number of anilines is 1. The van der Waals surface area contributed by atoms with Gasteiger partial charge in [-0.15, -0.1) is 11.3 Å². The first-order valence-electron chi connectivity index (χ1n) is 14.0. The summed E-state index contributed by atoms with van der Waals surface area (Å²) >= 11 is 7.72. The SMILES string of the molecule is Cc1cc2nc(-c3ccnc(-c4ccc5c(c4)OCC(=O)N5C)c3)sc2c(-c2ccc(Cl)cc2)c1C(OC(C)(C)C)C(=O)O. The number of aryl methyl sites for hydroxylation is 1. The van der Waals surface area contributed by atoms with Crippen molar-refractivity contribution in [3.8, 4) is 38.7 Å². The number of ether oxygens (including phenoxy) is 2. The van der Waals surface area contributed by atoms with Crippen LogP contribution >= 0.6 is 22.9 Å². The molecule has 1 atom stereocenters. The molecule has 0 radical (unpaired) electrons. The molecular formula is C34H30ClN3O5S. The maximum absolute atomic E-state index is 12.6. The number of carboxylic acids is 1. The highest BCUT2D eigenvalue weighted by Crippen LogP contribution is 2.45. The van der Waals surface area contributed by atoms with E-state index < -0.39 is 17.7 Å². The first kappa shape index (κ1) is 29.7. The third kappa shape index (κ3) is 5.66. The molecule has 44 heavy (non-hydrogen) atoms. The number of amides is 1. The molecule has 1 unspecified atom stereocenters. The van der Waals surface area contributed by atoms with Crippen LogP contribution in [-0.4, -0.2) is 46.2 Å². The van der Waals surface area contributed by atoms with Gasteiger partial charge in [-0.05, 0) is 81.3 Å². The number of aromatic nitrogens is 2. The van der Waals surface area contributed by atoms with Crippen molar-refractivity contribution in [3.05, 3.63) is 83.0 Å². The quantitative estimate of drug-likeness (QED) is 0.204. The highest BCUT2D eigenvalue weighted by Gasteiger charge is 2.32. The van der Waals surface area contributed by atoms with E-state index in [1.807, 2.05) is 76.2 Å². The van der Waals surface area contributed by atoms with Gasteiger partial charge in [0, 0.05) is 40.5 Å². The minimum absolute atomic E-state index is 0.00693. The number of carbonyl (C=O) groups excluding carboxylic acids is 1. The number of carbonyl (C=O) groups is 2. The molecule has 10 heteroatoms. The molecule has 6 rings (SSSR count). The summed E-state index contributed by atoms with van der Waals surface area (Å²) in [6.07, 6.45) is 0.546. The molecule has 3 aromatic carbocycles. The Morgan fingerprint density at radius 1 is 1.07 bits per heavy atom. The second-order valence-electron chi connectivity index (χ2n) is 11.7. The van der Waals surface area contributed by atoms with Crippen molar-refractivity contribution < 1.29 is 24.2 Å². The van der Waals surface area contributed by atoms with Crippen molar-refractivity contribution in [3.63, 3.8) is 0 Å². The van der Waals surface area contributed by atoms with E-state index in [1.165, 1.54) is 11.3 Å². The predicted molar refractivity (Wildman–Crippen MR) is 174 cm³/mol. The lowest BCUT2D eigenvalue weighted by Crippen LogP contribution is -2.35. The van der Waals surface area contributed by atoms with E-state index in [0.717, 1.165) is 48.7 Å². The Balaban J connectivity index is 1.49. The van der Waals surface area contributed by atoms with Crippen molar-refractivity contribution in [2.75, 3.05) is 18.6 Å². The molecule has 1 aliphatic heterocycles. The molecule has 0 aliphatic carbocycles. The van der Waals surface area contributed by atoms with Crippen molar-refractivity contribution >= 4 is 50.7 Å². The van der Waals surface area contributed by atoms with Gasteiger partial charge in [-0.25, -0.2) is 9.78 Å². The van der Waals surface area contributed by atoms with Crippen LogP contribution in [0.15, 0.2) is 66.9 Å². The number of likely N-dealkylation sites (N-methyl/N-ethyl adjacent to an activating group) is 1. The number of rotatable bonds is 6. The van der Waals surface area contributed by atoms with Crippen LogP contribution in [0.3, 0.4) is 0 Å². The zero-order valence-electron chi connectivity index (χ0n) is 24.8. The number of hydrogen-bond donors (Lipinski definition) is 1. The van der Waals surface area contributed by atoms with Crippen LogP contribution in [-0.2, 0) is 14.3 Å². The molecule has 8 nitrogen and oxygen atoms in total. The molecule has 0 fully saturated rings. The minimum atomic E-state index is -1.19. The minimum Gasteiger partial charge on any atom is -0.482 e. The summed E-state index contributed by atoms with van der Waals surface area (Å²) in [5.41, 5.74) is 6.15. The smallest absolute Gasteiger partial charge is 0.337 e. The molecule has 1 N–H and O–H groups in total. The Kier molecular flexibility index (Phi) is 7.65. The Morgan fingerprint density at radius 2 is 1.80 bits per heavy atom. The highest BCUT2D eigenvalue weighted by atomic mass is 35.5. The third-order valence-electron chi connectivity index (χ3n) is 7.37. The molecule has 1 aliphatic rings. The molecule has 0 spiro atoms. The number of aliphatic carboxylic acids is 1. The lowest BCUT2D eigenvalue weighted by Gasteiger charge is -2.28. The lowest BCUT2D eigenvalue weighted by molar-refractivity contribution is -0.160. The summed E-state index contributed by atoms with van der Waals surface area (Å²) in [7, 11) is 1.73. The van der Waals surface area contributed by atoms with Crippen LogP contribution in [0.25, 0.3) is 43.2 Å². The largest absolute Gasteiger partial charge is 0.482 e. The summed E-state index contributed by atoms with van der Waals surface area (Å²) in [5, 5.41) is 11.7. The topological polar surface area (TPSA) is 102 Å². The molecule has 1 amide bonds. The van der Waals surface area contributed by atoms with Gasteiger partial charge in [0.05, 0.1) is 27.2 Å². The van der Waals surface area contributed by atoms with Crippen LogP contribution in [0.4, 0.5) is 5.69 Å². The van der Waals surface area contributed by atoms with Gasteiger partial charge in [-0.2, -0.15) is 0 Å². The fourth-order valence-corrected chi connectivity index (χ4v) is 6.57.